The van der Waals surface area contributed by atoms with E-state index in [1.165, 1.54) is 38.8 Å². The molecule has 0 saturated carbocycles. The number of nitrogens with zero attached hydrogens (tertiary/aromatic N) is 1. The Morgan fingerprint density at radius 1 is 1.24 bits per heavy atom. The number of furan rings is 1. The maximum absolute atomic E-state index is 5.87. The molecule has 1 fully saturated rings. The van der Waals surface area contributed by atoms with Gasteiger partial charge in [0.1, 0.15) is 5.76 Å². The van der Waals surface area contributed by atoms with Gasteiger partial charge in [-0.1, -0.05) is 12.8 Å². The lowest BCUT2D eigenvalue weighted by Gasteiger charge is -2.24. The summed E-state index contributed by atoms with van der Waals surface area (Å²) in [7, 11) is 0. The molecule has 1 atom stereocenters. The van der Waals surface area contributed by atoms with Gasteiger partial charge in [0, 0.05) is 19.0 Å². The Kier molecular flexibility index (Phi) is 5.07. The minimum absolute atomic E-state index is 0.319. The number of nitrogens with two attached hydrogens (primary N) is 1. The normalized spacial score (nSPS) is 20.1. The maximum Gasteiger partial charge on any atom is 0.169 e. The van der Waals surface area contributed by atoms with E-state index in [9.17, 15) is 0 Å². The van der Waals surface area contributed by atoms with Gasteiger partial charge in [0.05, 0.1) is 0 Å². The van der Waals surface area contributed by atoms with Crippen molar-refractivity contribution in [3.63, 3.8) is 0 Å². The summed E-state index contributed by atoms with van der Waals surface area (Å²) in [5, 5.41) is 0. The Morgan fingerprint density at radius 3 is 2.47 bits per heavy atom. The van der Waals surface area contributed by atoms with Gasteiger partial charge in [-0.05, 0) is 54.0 Å². The van der Waals surface area contributed by atoms with Crippen LogP contribution >= 0.6 is 15.9 Å². The molecule has 2 N–H and O–H groups in total. The first kappa shape index (κ1) is 13.1. The number of rotatable bonds is 4. The highest BCUT2D eigenvalue weighted by Gasteiger charge is 2.18. The summed E-state index contributed by atoms with van der Waals surface area (Å²) in [6, 6.07) is 3.97. The molecule has 0 spiro atoms. The van der Waals surface area contributed by atoms with Crippen LogP contribution < -0.4 is 5.73 Å². The van der Waals surface area contributed by atoms with Gasteiger partial charge < -0.3 is 15.1 Å². The molecule has 0 aromatic carbocycles. The van der Waals surface area contributed by atoms with Crippen LogP contribution in [-0.4, -0.2) is 31.1 Å². The zero-order valence-electron chi connectivity index (χ0n) is 10.2. The molecule has 1 aliphatic heterocycles. The topological polar surface area (TPSA) is 42.4 Å². The smallest absolute Gasteiger partial charge is 0.169 e. The molecule has 4 heteroatoms. The fourth-order valence-corrected chi connectivity index (χ4v) is 2.78. The quantitative estimate of drug-likeness (QED) is 0.929. The Labute approximate surface area is 111 Å². The van der Waals surface area contributed by atoms with Crippen LogP contribution in [0.5, 0.6) is 0 Å². The van der Waals surface area contributed by atoms with Crippen molar-refractivity contribution in [1.29, 1.82) is 0 Å². The van der Waals surface area contributed by atoms with Gasteiger partial charge in [0.25, 0.3) is 0 Å². The van der Waals surface area contributed by atoms with E-state index in [0.29, 0.717) is 12.5 Å². The molecule has 1 aromatic heterocycles. The summed E-state index contributed by atoms with van der Waals surface area (Å²) >= 11 is 3.35. The lowest BCUT2D eigenvalue weighted by Crippen LogP contribution is -2.32. The van der Waals surface area contributed by atoms with Crippen molar-refractivity contribution in [2.24, 2.45) is 5.73 Å². The van der Waals surface area contributed by atoms with Crippen LogP contribution in [0.3, 0.4) is 0 Å². The minimum Gasteiger partial charge on any atom is -0.454 e. The monoisotopic (exact) mass is 300 g/mol. The third kappa shape index (κ3) is 3.83. The van der Waals surface area contributed by atoms with Crippen LogP contribution in [-0.2, 0) is 0 Å². The molecule has 2 heterocycles. The van der Waals surface area contributed by atoms with Gasteiger partial charge in [0.15, 0.2) is 4.67 Å². The molecule has 17 heavy (non-hydrogen) atoms. The predicted molar refractivity (Wildman–Crippen MR) is 73.1 cm³/mol. The molecule has 0 amide bonds. The molecule has 1 saturated heterocycles. The van der Waals surface area contributed by atoms with E-state index in [1.54, 1.807) is 0 Å². The van der Waals surface area contributed by atoms with Gasteiger partial charge in [-0.3, -0.25) is 0 Å². The van der Waals surface area contributed by atoms with E-state index in [-0.39, 0.29) is 0 Å². The van der Waals surface area contributed by atoms with E-state index in [0.717, 1.165) is 17.0 Å². The second-order valence-corrected chi connectivity index (χ2v) is 5.57. The highest BCUT2D eigenvalue weighted by molar-refractivity contribution is 9.10. The largest absolute Gasteiger partial charge is 0.454 e. The van der Waals surface area contributed by atoms with E-state index < -0.39 is 0 Å². The van der Waals surface area contributed by atoms with Crippen molar-refractivity contribution < 1.29 is 4.42 Å². The Bertz CT molecular complexity index is 332. The average Bonchev–Trinajstić information content (AvgIpc) is 2.62. The van der Waals surface area contributed by atoms with Gasteiger partial charge in [-0.2, -0.15) is 0 Å². The predicted octanol–water partition coefficient (Wildman–Crippen LogP) is 2.96. The van der Waals surface area contributed by atoms with Crippen molar-refractivity contribution in [2.45, 2.75) is 31.6 Å². The molecule has 96 valence electrons. The zero-order chi connectivity index (χ0) is 12.1. The van der Waals surface area contributed by atoms with E-state index >= 15 is 0 Å². The van der Waals surface area contributed by atoms with Gasteiger partial charge in [0.2, 0.25) is 0 Å². The Morgan fingerprint density at radius 2 is 1.94 bits per heavy atom. The molecule has 1 aromatic rings. The minimum atomic E-state index is 0.319. The highest BCUT2D eigenvalue weighted by Crippen LogP contribution is 2.23. The van der Waals surface area contributed by atoms with Crippen LogP contribution in [0.15, 0.2) is 21.2 Å². The van der Waals surface area contributed by atoms with Crippen molar-refractivity contribution >= 4 is 15.9 Å². The molecule has 2 rings (SSSR count). The zero-order valence-corrected chi connectivity index (χ0v) is 11.8. The van der Waals surface area contributed by atoms with Crippen molar-refractivity contribution in [3.8, 4) is 0 Å². The SMILES string of the molecule is NCC(CN1CCCCCC1)c1ccc(Br)o1. The first-order chi connectivity index (χ1) is 8.29. The van der Waals surface area contributed by atoms with E-state index in [1.807, 2.05) is 12.1 Å². The molecule has 0 bridgehead atoms. The summed E-state index contributed by atoms with van der Waals surface area (Å²) < 4.78 is 6.41. The number of halogens is 1. The fourth-order valence-electron chi connectivity index (χ4n) is 2.46. The first-order valence-electron chi connectivity index (χ1n) is 6.47. The van der Waals surface area contributed by atoms with Gasteiger partial charge >= 0.3 is 0 Å². The molecule has 0 radical (unpaired) electrons. The van der Waals surface area contributed by atoms with Crippen molar-refractivity contribution in [2.75, 3.05) is 26.2 Å². The second-order valence-electron chi connectivity index (χ2n) is 4.79. The summed E-state index contributed by atoms with van der Waals surface area (Å²) in [6.07, 6.45) is 5.38. The molecular formula is C13H21BrN2O. The molecule has 3 nitrogen and oxygen atoms in total. The highest BCUT2D eigenvalue weighted by atomic mass is 79.9. The number of likely N-dealkylation sites (tertiary alicyclic amines) is 1. The average molecular weight is 301 g/mol. The van der Waals surface area contributed by atoms with Crippen molar-refractivity contribution in [3.05, 3.63) is 22.6 Å². The molecular weight excluding hydrogens is 280 g/mol. The molecule has 1 unspecified atom stereocenters. The van der Waals surface area contributed by atoms with Crippen LogP contribution in [0.1, 0.15) is 37.4 Å². The van der Waals surface area contributed by atoms with Crippen LogP contribution in [0, 0.1) is 0 Å². The molecule has 0 aliphatic carbocycles. The van der Waals surface area contributed by atoms with Gasteiger partial charge in [-0.25, -0.2) is 0 Å². The number of hydrogen-bond acceptors (Lipinski definition) is 3. The Balaban J connectivity index is 1.94. The van der Waals surface area contributed by atoms with Crippen LogP contribution in [0.25, 0.3) is 0 Å². The summed E-state index contributed by atoms with van der Waals surface area (Å²) in [6.45, 7) is 4.09. The molecule has 1 aliphatic rings. The summed E-state index contributed by atoms with van der Waals surface area (Å²) in [4.78, 5) is 2.53. The van der Waals surface area contributed by atoms with Crippen LogP contribution in [0.4, 0.5) is 0 Å². The van der Waals surface area contributed by atoms with Gasteiger partial charge in [-0.15, -0.1) is 0 Å². The fraction of sp³-hybridized carbons (Fsp3) is 0.692. The lowest BCUT2D eigenvalue weighted by molar-refractivity contribution is 0.255. The van der Waals surface area contributed by atoms with Crippen LogP contribution in [0.2, 0.25) is 0 Å². The van der Waals surface area contributed by atoms with Crippen molar-refractivity contribution in [1.82, 2.24) is 4.90 Å². The third-order valence-corrected chi connectivity index (χ3v) is 3.88. The third-order valence-electron chi connectivity index (χ3n) is 3.46. The first-order valence-corrected chi connectivity index (χ1v) is 7.26. The van der Waals surface area contributed by atoms with E-state index in [2.05, 4.69) is 20.8 Å². The maximum atomic E-state index is 5.87. The standard InChI is InChI=1S/C13H21BrN2O/c14-13-6-5-12(17-13)11(9-15)10-16-7-3-1-2-4-8-16/h5-6,11H,1-4,7-10,15H2. The van der Waals surface area contributed by atoms with E-state index in [4.69, 9.17) is 10.2 Å². The summed E-state index contributed by atoms with van der Waals surface area (Å²) in [5.74, 6) is 1.32. The lowest BCUT2D eigenvalue weighted by atomic mass is 10.1. The number of hydrogen-bond donors (Lipinski definition) is 1. The Hall–Kier alpha value is -0.320. The second kappa shape index (κ2) is 6.57. The summed E-state index contributed by atoms with van der Waals surface area (Å²) in [5.41, 5.74) is 5.87.